The minimum Gasteiger partial charge on any atom is -0.496 e. The Bertz CT molecular complexity index is 993. The molecule has 1 saturated heterocycles. The molecular weight excluding hydrogens is 368 g/mol. The highest BCUT2D eigenvalue weighted by Crippen LogP contribution is 2.21. The van der Waals surface area contributed by atoms with Crippen molar-refractivity contribution in [3.8, 4) is 11.6 Å². The van der Waals surface area contributed by atoms with Gasteiger partial charge in [0.25, 0.3) is 0 Å². The Kier molecular flexibility index (Phi) is 5.59. The smallest absolute Gasteiger partial charge is 0.222 e. The molecular formula is C21H26N6O2. The maximum atomic E-state index is 12.2. The predicted molar refractivity (Wildman–Crippen MR) is 108 cm³/mol. The second-order valence-electron chi connectivity index (χ2n) is 7.25. The third kappa shape index (κ3) is 4.16. The summed E-state index contributed by atoms with van der Waals surface area (Å²) in [5.74, 6) is 3.46. The zero-order valence-corrected chi connectivity index (χ0v) is 16.9. The molecule has 4 rings (SSSR count). The van der Waals surface area contributed by atoms with Gasteiger partial charge in [-0.25, -0.2) is 4.98 Å². The summed E-state index contributed by atoms with van der Waals surface area (Å²) >= 11 is 0. The quantitative estimate of drug-likeness (QED) is 0.614. The van der Waals surface area contributed by atoms with Gasteiger partial charge in [-0.1, -0.05) is 18.2 Å². The Morgan fingerprint density at radius 1 is 1.17 bits per heavy atom. The topological polar surface area (TPSA) is 78.1 Å². The third-order valence-electron chi connectivity index (χ3n) is 5.30. The summed E-state index contributed by atoms with van der Waals surface area (Å²) in [6.07, 6.45) is 5.67. The summed E-state index contributed by atoms with van der Waals surface area (Å²) in [7, 11) is 3.55. The first-order chi connectivity index (χ1) is 14.2. The molecule has 8 heteroatoms. The number of benzene rings is 1. The van der Waals surface area contributed by atoms with Crippen molar-refractivity contribution in [3.63, 3.8) is 0 Å². The zero-order valence-electron chi connectivity index (χ0n) is 16.9. The van der Waals surface area contributed by atoms with E-state index >= 15 is 0 Å². The maximum Gasteiger partial charge on any atom is 0.222 e. The van der Waals surface area contributed by atoms with Gasteiger partial charge in [0.15, 0.2) is 11.6 Å². The van der Waals surface area contributed by atoms with Gasteiger partial charge in [0.1, 0.15) is 11.6 Å². The van der Waals surface area contributed by atoms with Gasteiger partial charge in [-0.15, -0.1) is 5.10 Å². The van der Waals surface area contributed by atoms with E-state index in [-0.39, 0.29) is 5.91 Å². The summed E-state index contributed by atoms with van der Waals surface area (Å²) in [5, 5.41) is 9.01. The van der Waals surface area contributed by atoms with Crippen LogP contribution in [0.3, 0.4) is 0 Å². The number of carbonyl (C=O) groups excluding carboxylic acids is 1. The molecule has 8 nitrogen and oxygen atoms in total. The number of ether oxygens (including phenoxy) is 1. The van der Waals surface area contributed by atoms with Crippen molar-refractivity contribution < 1.29 is 9.53 Å². The lowest BCUT2D eigenvalue weighted by molar-refractivity contribution is -0.133. The molecule has 1 aliphatic heterocycles. The molecule has 29 heavy (non-hydrogen) atoms. The number of rotatable bonds is 7. The van der Waals surface area contributed by atoms with E-state index in [0.717, 1.165) is 48.2 Å². The molecule has 1 amide bonds. The van der Waals surface area contributed by atoms with Crippen LogP contribution in [0.25, 0.3) is 5.82 Å². The number of aryl methyl sites for hydroxylation is 1. The van der Waals surface area contributed by atoms with Crippen LogP contribution in [-0.2, 0) is 24.7 Å². The molecule has 1 aromatic carbocycles. The summed E-state index contributed by atoms with van der Waals surface area (Å²) in [6, 6.07) is 9.81. The van der Waals surface area contributed by atoms with Crippen LogP contribution in [0.15, 0.2) is 36.5 Å². The number of aromatic nitrogens is 5. The van der Waals surface area contributed by atoms with Gasteiger partial charge in [-0.05, 0) is 18.9 Å². The minimum absolute atomic E-state index is 0.233. The standard InChI is InChI=1S/C21H26N6O2/c1-25-20(10-12-22-25)27-19(11-14-26-13-6-5-9-21(26)28)23-18(24-27)15-16-7-3-4-8-17(16)29-2/h3-4,7-8,10,12H,5-6,9,11,13-15H2,1-2H3. The Morgan fingerprint density at radius 2 is 2.03 bits per heavy atom. The third-order valence-corrected chi connectivity index (χ3v) is 5.30. The number of likely N-dealkylation sites (tertiary alicyclic amines) is 1. The summed E-state index contributed by atoms with van der Waals surface area (Å²) in [6.45, 7) is 1.48. The number of carbonyl (C=O) groups is 1. The van der Waals surface area contributed by atoms with Crippen molar-refractivity contribution in [2.24, 2.45) is 7.05 Å². The van der Waals surface area contributed by atoms with Gasteiger partial charge in [0.2, 0.25) is 5.91 Å². The molecule has 1 fully saturated rings. The molecule has 152 valence electrons. The van der Waals surface area contributed by atoms with Crippen LogP contribution in [-0.4, -0.2) is 55.6 Å². The van der Waals surface area contributed by atoms with E-state index in [2.05, 4.69) is 5.10 Å². The van der Waals surface area contributed by atoms with Gasteiger partial charge in [0.05, 0.1) is 13.3 Å². The van der Waals surface area contributed by atoms with E-state index in [0.29, 0.717) is 25.8 Å². The van der Waals surface area contributed by atoms with E-state index in [1.807, 2.05) is 47.0 Å². The van der Waals surface area contributed by atoms with Crippen molar-refractivity contribution in [3.05, 3.63) is 53.7 Å². The van der Waals surface area contributed by atoms with Gasteiger partial charge in [-0.2, -0.15) is 9.78 Å². The fourth-order valence-electron chi connectivity index (χ4n) is 3.74. The van der Waals surface area contributed by atoms with E-state index in [1.165, 1.54) is 0 Å². The first-order valence-corrected chi connectivity index (χ1v) is 9.98. The lowest BCUT2D eigenvalue weighted by Gasteiger charge is -2.26. The molecule has 0 atom stereocenters. The van der Waals surface area contributed by atoms with Crippen LogP contribution in [0.1, 0.15) is 36.5 Å². The number of amides is 1. The molecule has 0 unspecified atom stereocenters. The predicted octanol–water partition coefficient (Wildman–Crippen LogP) is 2.16. The summed E-state index contributed by atoms with van der Waals surface area (Å²) < 4.78 is 9.08. The van der Waals surface area contributed by atoms with Crippen molar-refractivity contribution in [1.82, 2.24) is 29.4 Å². The lowest BCUT2D eigenvalue weighted by Crippen LogP contribution is -2.37. The van der Waals surface area contributed by atoms with E-state index < -0.39 is 0 Å². The highest BCUT2D eigenvalue weighted by molar-refractivity contribution is 5.76. The van der Waals surface area contributed by atoms with Crippen LogP contribution >= 0.6 is 0 Å². The summed E-state index contributed by atoms with van der Waals surface area (Å²) in [5.41, 5.74) is 1.04. The Labute approximate surface area is 170 Å². The Balaban J connectivity index is 1.60. The van der Waals surface area contributed by atoms with Gasteiger partial charge >= 0.3 is 0 Å². The van der Waals surface area contributed by atoms with E-state index in [4.69, 9.17) is 14.8 Å². The van der Waals surface area contributed by atoms with E-state index in [9.17, 15) is 4.79 Å². The number of para-hydroxylation sites is 1. The van der Waals surface area contributed by atoms with Gasteiger partial charge < -0.3 is 9.64 Å². The van der Waals surface area contributed by atoms with Crippen LogP contribution in [0.4, 0.5) is 0 Å². The average Bonchev–Trinajstić information content (AvgIpc) is 3.33. The molecule has 2 aromatic heterocycles. The monoisotopic (exact) mass is 394 g/mol. The molecule has 1 aliphatic rings. The molecule has 0 bridgehead atoms. The normalized spacial score (nSPS) is 14.4. The highest BCUT2D eigenvalue weighted by Gasteiger charge is 2.20. The summed E-state index contributed by atoms with van der Waals surface area (Å²) in [4.78, 5) is 18.9. The van der Waals surface area contributed by atoms with Crippen molar-refractivity contribution in [1.29, 1.82) is 0 Å². The second kappa shape index (κ2) is 8.46. The fraction of sp³-hybridized carbons (Fsp3) is 0.429. The number of hydrogen-bond acceptors (Lipinski definition) is 5. The fourth-order valence-corrected chi connectivity index (χ4v) is 3.74. The van der Waals surface area contributed by atoms with Crippen LogP contribution in [0.5, 0.6) is 5.75 Å². The van der Waals surface area contributed by atoms with Crippen LogP contribution in [0.2, 0.25) is 0 Å². The molecule has 3 heterocycles. The first kappa shape index (κ1) is 19.2. The molecule has 3 aromatic rings. The molecule has 0 spiro atoms. The zero-order chi connectivity index (χ0) is 20.2. The number of hydrogen-bond donors (Lipinski definition) is 0. The second-order valence-corrected chi connectivity index (χ2v) is 7.25. The first-order valence-electron chi connectivity index (χ1n) is 9.98. The Hall–Kier alpha value is -3.16. The van der Waals surface area contributed by atoms with E-state index in [1.54, 1.807) is 18.0 Å². The molecule has 0 N–H and O–H groups in total. The van der Waals surface area contributed by atoms with Gasteiger partial charge in [-0.3, -0.25) is 9.48 Å². The number of piperidine rings is 1. The number of methoxy groups -OCH3 is 1. The molecule has 0 saturated carbocycles. The Morgan fingerprint density at radius 3 is 2.79 bits per heavy atom. The molecule has 0 radical (unpaired) electrons. The average molecular weight is 394 g/mol. The minimum atomic E-state index is 0.233. The van der Waals surface area contributed by atoms with Crippen molar-refractivity contribution in [2.45, 2.75) is 32.1 Å². The number of nitrogens with zero attached hydrogens (tertiary/aromatic N) is 6. The van der Waals surface area contributed by atoms with Crippen LogP contribution < -0.4 is 4.74 Å². The van der Waals surface area contributed by atoms with Crippen LogP contribution in [0, 0.1) is 0 Å². The largest absolute Gasteiger partial charge is 0.496 e. The van der Waals surface area contributed by atoms with Crippen molar-refractivity contribution >= 4 is 5.91 Å². The van der Waals surface area contributed by atoms with Gasteiger partial charge in [0, 0.05) is 51.0 Å². The van der Waals surface area contributed by atoms with Crippen molar-refractivity contribution in [2.75, 3.05) is 20.2 Å². The highest BCUT2D eigenvalue weighted by atomic mass is 16.5. The maximum absolute atomic E-state index is 12.2. The lowest BCUT2D eigenvalue weighted by atomic mass is 10.1. The SMILES string of the molecule is COc1ccccc1Cc1nc(CCN2CCCCC2=O)n(-c2ccnn2C)n1. The molecule has 0 aliphatic carbocycles.